The molecule has 6 nitrogen and oxygen atoms in total. The van der Waals surface area contributed by atoms with Gasteiger partial charge in [0.25, 0.3) is 0 Å². The normalized spacial score (nSPS) is 20.0. The minimum absolute atomic E-state index is 0.0246. The summed E-state index contributed by atoms with van der Waals surface area (Å²) in [7, 11) is 2.38. The van der Waals surface area contributed by atoms with Gasteiger partial charge in [0.2, 0.25) is 0 Å². The maximum atomic E-state index is 13.7. The van der Waals surface area contributed by atoms with E-state index in [1.54, 1.807) is 26.8 Å². The lowest BCUT2D eigenvalue weighted by Crippen LogP contribution is -2.56. The van der Waals surface area contributed by atoms with Gasteiger partial charge in [0.05, 0.1) is 33.3 Å². The molecular weight excluding hydrogens is 587 g/mol. The molecule has 1 saturated heterocycles. The highest BCUT2D eigenvalue weighted by molar-refractivity contribution is 6.42. The number of urea groups is 1. The van der Waals surface area contributed by atoms with Gasteiger partial charge in [-0.1, -0.05) is 50.0 Å². The number of carbonyl (C=O) groups excluding carboxylic acids is 1. The number of amides is 3. The zero-order valence-corrected chi connectivity index (χ0v) is 23.5. The summed E-state index contributed by atoms with van der Waals surface area (Å²) in [5, 5.41) is 10.4. The van der Waals surface area contributed by atoms with Gasteiger partial charge >= 0.3 is 24.5 Å². The summed E-state index contributed by atoms with van der Waals surface area (Å²) in [6.45, 7) is 5.25. The number of likely N-dealkylation sites (tertiary alicyclic amines) is 1. The standard InChI is InChI=1S/C26H27Cl2F6N3O3/c1-24(2,3)21-20(17(12-37(21)23(39)40)13-6-7-18(27)19(28)8-13)36(5)22(38)35(4)16-10-14(25(29,30)31)9-15(11-16)26(32,33)34/h6-11,17,20-21H,12H2,1-5H3,(H,39,40)/t17-,20-,21?/m1/s1. The molecule has 1 fully saturated rings. The van der Waals surface area contributed by atoms with Crippen LogP contribution < -0.4 is 4.90 Å². The van der Waals surface area contributed by atoms with E-state index in [-0.39, 0.29) is 22.7 Å². The van der Waals surface area contributed by atoms with E-state index in [0.29, 0.717) is 22.6 Å². The number of anilines is 1. The minimum atomic E-state index is -5.10. The zero-order valence-electron chi connectivity index (χ0n) is 22.0. The van der Waals surface area contributed by atoms with E-state index in [2.05, 4.69) is 0 Å². The third-order valence-corrected chi connectivity index (χ3v) is 7.70. The number of likely N-dealkylation sites (N-methyl/N-ethyl adjacent to an activating group) is 1. The van der Waals surface area contributed by atoms with Crippen molar-refractivity contribution in [3.05, 3.63) is 63.1 Å². The van der Waals surface area contributed by atoms with Crippen LogP contribution in [0.1, 0.15) is 43.4 Å². The fourth-order valence-corrected chi connectivity index (χ4v) is 5.46. The Kier molecular flexibility index (Phi) is 8.59. The molecule has 1 heterocycles. The van der Waals surface area contributed by atoms with Crippen LogP contribution in [0.15, 0.2) is 36.4 Å². The van der Waals surface area contributed by atoms with Gasteiger partial charge in [-0.15, -0.1) is 0 Å². The molecule has 0 aliphatic carbocycles. The Morgan fingerprint density at radius 3 is 1.85 bits per heavy atom. The fraction of sp³-hybridized carbons (Fsp3) is 0.462. The molecule has 220 valence electrons. The maximum Gasteiger partial charge on any atom is 0.416 e. The number of halogens is 8. The van der Waals surface area contributed by atoms with E-state index in [0.717, 1.165) is 11.9 Å². The van der Waals surface area contributed by atoms with Crippen molar-refractivity contribution >= 4 is 41.0 Å². The number of carboxylic acid groups (broad SMARTS) is 1. The molecule has 3 atom stereocenters. The second-order valence-electron chi connectivity index (χ2n) is 10.7. The van der Waals surface area contributed by atoms with Crippen LogP contribution in [0.3, 0.4) is 0 Å². The Labute approximate surface area is 237 Å². The number of hydrogen-bond acceptors (Lipinski definition) is 2. The van der Waals surface area contributed by atoms with Crippen molar-refractivity contribution in [1.29, 1.82) is 0 Å². The quantitative estimate of drug-likeness (QED) is 0.356. The lowest BCUT2D eigenvalue weighted by Gasteiger charge is -2.42. The average Bonchev–Trinajstić information content (AvgIpc) is 3.24. The van der Waals surface area contributed by atoms with Gasteiger partial charge < -0.3 is 14.9 Å². The van der Waals surface area contributed by atoms with Crippen LogP contribution >= 0.6 is 23.2 Å². The molecule has 2 aromatic rings. The summed E-state index contributed by atoms with van der Waals surface area (Å²) in [5.41, 5.74) is -3.96. The van der Waals surface area contributed by atoms with Crippen molar-refractivity contribution in [2.45, 2.75) is 51.1 Å². The third-order valence-electron chi connectivity index (χ3n) is 6.97. The van der Waals surface area contributed by atoms with Gasteiger partial charge in [-0.05, 0) is 41.3 Å². The number of carbonyl (C=O) groups is 2. The van der Waals surface area contributed by atoms with Crippen LogP contribution in [0, 0.1) is 5.41 Å². The molecule has 1 unspecified atom stereocenters. The van der Waals surface area contributed by atoms with Gasteiger partial charge in [-0.2, -0.15) is 26.3 Å². The molecule has 1 aliphatic rings. The molecule has 0 bridgehead atoms. The van der Waals surface area contributed by atoms with Crippen LogP contribution in [-0.4, -0.2) is 59.8 Å². The molecule has 1 aliphatic heterocycles. The van der Waals surface area contributed by atoms with Gasteiger partial charge in [0.15, 0.2) is 0 Å². The second-order valence-corrected chi connectivity index (χ2v) is 11.5. The molecule has 14 heteroatoms. The van der Waals surface area contributed by atoms with Crippen molar-refractivity contribution in [2.24, 2.45) is 5.41 Å². The number of alkyl halides is 6. The Morgan fingerprint density at radius 2 is 1.43 bits per heavy atom. The second kappa shape index (κ2) is 10.8. The molecular formula is C26H27Cl2F6N3O3. The highest BCUT2D eigenvalue weighted by Crippen LogP contribution is 2.44. The topological polar surface area (TPSA) is 64.1 Å². The Balaban J connectivity index is 2.12. The van der Waals surface area contributed by atoms with Crippen LogP contribution in [0.2, 0.25) is 10.0 Å². The molecule has 0 aromatic heterocycles. The van der Waals surface area contributed by atoms with Crippen LogP contribution in [0.4, 0.5) is 41.6 Å². The highest BCUT2D eigenvalue weighted by Gasteiger charge is 2.53. The largest absolute Gasteiger partial charge is 0.465 e. The maximum absolute atomic E-state index is 13.7. The van der Waals surface area contributed by atoms with E-state index in [1.807, 2.05) is 0 Å². The van der Waals surface area contributed by atoms with E-state index in [4.69, 9.17) is 23.2 Å². The van der Waals surface area contributed by atoms with Crippen molar-refractivity contribution in [1.82, 2.24) is 9.80 Å². The SMILES string of the molecule is CN(C(=O)N(C)[C@H]1C(C(C)(C)C)N(C(=O)O)C[C@@H]1c1ccc(Cl)c(Cl)c1)c1cc(C(F)(F)F)cc(C(F)(F)F)c1. The first-order valence-electron chi connectivity index (χ1n) is 11.9. The van der Waals surface area contributed by atoms with Crippen LogP contribution in [0.25, 0.3) is 0 Å². The van der Waals surface area contributed by atoms with E-state index < -0.39 is 64.7 Å². The summed E-state index contributed by atoms with van der Waals surface area (Å²) in [4.78, 5) is 28.9. The van der Waals surface area contributed by atoms with E-state index in [1.165, 1.54) is 24.1 Å². The summed E-state index contributed by atoms with van der Waals surface area (Å²) in [5.74, 6) is -0.648. The van der Waals surface area contributed by atoms with Crippen molar-refractivity contribution < 1.29 is 41.0 Å². The Bertz CT molecular complexity index is 1260. The smallest absolute Gasteiger partial charge is 0.416 e. The van der Waals surface area contributed by atoms with Crippen molar-refractivity contribution in [3.63, 3.8) is 0 Å². The lowest BCUT2D eigenvalue weighted by atomic mass is 9.78. The predicted octanol–water partition coefficient (Wildman–Crippen LogP) is 8.08. The number of rotatable bonds is 3. The molecule has 3 rings (SSSR count). The molecule has 0 spiro atoms. The van der Waals surface area contributed by atoms with Crippen LogP contribution in [0.5, 0.6) is 0 Å². The molecule has 3 amide bonds. The van der Waals surface area contributed by atoms with Gasteiger partial charge in [0.1, 0.15) is 0 Å². The first-order chi connectivity index (χ1) is 18.1. The average molecular weight is 614 g/mol. The van der Waals surface area contributed by atoms with Gasteiger partial charge in [0, 0.05) is 32.2 Å². The summed E-state index contributed by atoms with van der Waals surface area (Å²) in [6, 6.07) is 2.94. The van der Waals surface area contributed by atoms with Gasteiger partial charge in [-0.25, -0.2) is 9.59 Å². The predicted molar refractivity (Wildman–Crippen MR) is 139 cm³/mol. The summed E-state index contributed by atoms with van der Waals surface area (Å²) in [6.07, 6.45) is -11.5. The molecule has 0 radical (unpaired) electrons. The van der Waals surface area contributed by atoms with Gasteiger partial charge in [-0.3, -0.25) is 4.90 Å². The first-order valence-corrected chi connectivity index (χ1v) is 12.6. The van der Waals surface area contributed by atoms with Crippen molar-refractivity contribution in [3.8, 4) is 0 Å². The third kappa shape index (κ3) is 6.38. The van der Waals surface area contributed by atoms with Crippen molar-refractivity contribution in [2.75, 3.05) is 25.5 Å². The minimum Gasteiger partial charge on any atom is -0.465 e. The summed E-state index contributed by atoms with van der Waals surface area (Å²) >= 11 is 12.3. The van der Waals surface area contributed by atoms with E-state index >= 15 is 0 Å². The molecule has 40 heavy (non-hydrogen) atoms. The zero-order chi connectivity index (χ0) is 30.5. The Morgan fingerprint density at radius 1 is 0.900 bits per heavy atom. The lowest BCUT2D eigenvalue weighted by molar-refractivity contribution is -0.143. The molecule has 2 aromatic carbocycles. The monoisotopic (exact) mass is 613 g/mol. The highest BCUT2D eigenvalue weighted by atomic mass is 35.5. The molecule has 0 saturated carbocycles. The molecule has 1 N–H and O–H groups in total. The number of hydrogen-bond donors (Lipinski definition) is 1. The van der Waals surface area contributed by atoms with E-state index in [9.17, 15) is 41.0 Å². The Hall–Kier alpha value is -2.86. The fourth-order valence-electron chi connectivity index (χ4n) is 5.15. The first kappa shape index (κ1) is 31.7. The number of benzene rings is 2. The summed E-state index contributed by atoms with van der Waals surface area (Å²) < 4.78 is 80.7. The van der Waals surface area contributed by atoms with Crippen LogP contribution in [-0.2, 0) is 12.4 Å². The number of nitrogens with zero attached hydrogens (tertiary/aromatic N) is 3.